The highest BCUT2D eigenvalue weighted by atomic mass is 35.5. The molecule has 22 heavy (non-hydrogen) atoms. The second-order valence-electron chi connectivity index (χ2n) is 4.92. The van der Waals surface area contributed by atoms with Crippen molar-refractivity contribution >= 4 is 23.3 Å². The molecule has 1 heterocycles. The first-order chi connectivity index (χ1) is 10.6. The summed E-state index contributed by atoms with van der Waals surface area (Å²) in [4.78, 5) is 20.4. The molecular weight excluding hydrogens is 300 g/mol. The molecule has 0 unspecified atom stereocenters. The first-order valence-corrected chi connectivity index (χ1v) is 7.58. The van der Waals surface area contributed by atoms with Crippen molar-refractivity contribution in [3.63, 3.8) is 0 Å². The van der Waals surface area contributed by atoms with Gasteiger partial charge in [-0.3, -0.25) is 4.79 Å². The number of carbonyl (C=O) groups excluding carboxylic acids is 1. The Bertz CT molecular complexity index is 643. The lowest BCUT2D eigenvalue weighted by Gasteiger charge is -2.09. The van der Waals surface area contributed by atoms with Crippen molar-refractivity contribution in [2.24, 2.45) is 0 Å². The number of rotatable bonds is 6. The minimum Gasteiger partial charge on any atom is -0.366 e. The summed E-state index contributed by atoms with van der Waals surface area (Å²) < 4.78 is 0. The summed E-state index contributed by atoms with van der Waals surface area (Å²) in [5.41, 5.74) is 1.46. The van der Waals surface area contributed by atoms with Gasteiger partial charge in [0.1, 0.15) is 17.3 Å². The number of benzene rings is 1. The summed E-state index contributed by atoms with van der Waals surface area (Å²) in [5, 5.41) is 6.71. The summed E-state index contributed by atoms with van der Waals surface area (Å²) in [6.45, 7) is 5.01. The van der Waals surface area contributed by atoms with E-state index in [9.17, 15) is 4.79 Å². The van der Waals surface area contributed by atoms with Gasteiger partial charge in [0.05, 0.1) is 0 Å². The number of halogens is 1. The highest BCUT2D eigenvalue weighted by Gasteiger charge is 2.09. The van der Waals surface area contributed by atoms with Gasteiger partial charge in [0.2, 0.25) is 0 Å². The highest BCUT2D eigenvalue weighted by Crippen LogP contribution is 2.12. The van der Waals surface area contributed by atoms with E-state index in [1.165, 1.54) is 0 Å². The third-order valence-corrected chi connectivity index (χ3v) is 3.25. The number of amides is 1. The monoisotopic (exact) mass is 318 g/mol. The van der Waals surface area contributed by atoms with Gasteiger partial charge < -0.3 is 10.6 Å². The number of aryl methyl sites for hydroxylation is 1. The zero-order valence-corrected chi connectivity index (χ0v) is 13.4. The number of aromatic nitrogens is 2. The normalized spacial score (nSPS) is 10.3. The van der Waals surface area contributed by atoms with Crippen molar-refractivity contribution in [1.29, 1.82) is 0 Å². The summed E-state index contributed by atoms with van der Waals surface area (Å²) in [6, 6.07) is 9.23. The molecule has 0 saturated heterocycles. The van der Waals surface area contributed by atoms with Gasteiger partial charge in [-0.25, -0.2) is 9.97 Å². The van der Waals surface area contributed by atoms with Crippen LogP contribution >= 0.6 is 11.6 Å². The Balaban J connectivity index is 2.06. The fraction of sp³-hybridized carbons (Fsp3) is 0.312. The van der Waals surface area contributed by atoms with Crippen LogP contribution in [0.3, 0.4) is 0 Å². The molecule has 0 atom stereocenters. The number of carbonyl (C=O) groups is 1. The minimum atomic E-state index is -0.179. The molecule has 0 saturated carbocycles. The minimum absolute atomic E-state index is 0.179. The molecule has 116 valence electrons. The number of hydrogen-bond donors (Lipinski definition) is 2. The first kappa shape index (κ1) is 16.2. The topological polar surface area (TPSA) is 66.9 Å². The molecule has 5 nitrogen and oxygen atoms in total. The van der Waals surface area contributed by atoms with Crippen LogP contribution in [0.4, 0.5) is 5.82 Å². The van der Waals surface area contributed by atoms with Crippen LogP contribution in [-0.4, -0.2) is 22.4 Å². The van der Waals surface area contributed by atoms with Crippen LogP contribution in [0, 0.1) is 6.92 Å². The molecule has 2 rings (SSSR count). The van der Waals surface area contributed by atoms with Gasteiger partial charge >= 0.3 is 0 Å². The van der Waals surface area contributed by atoms with E-state index in [1.807, 2.05) is 31.2 Å². The first-order valence-electron chi connectivity index (χ1n) is 7.20. The van der Waals surface area contributed by atoms with Gasteiger partial charge in [0.15, 0.2) is 0 Å². The van der Waals surface area contributed by atoms with E-state index in [2.05, 4.69) is 20.6 Å². The predicted octanol–water partition coefficient (Wildman–Crippen LogP) is 3.19. The predicted molar refractivity (Wildman–Crippen MR) is 88.2 cm³/mol. The molecule has 1 aromatic heterocycles. The maximum Gasteiger partial charge on any atom is 0.270 e. The van der Waals surface area contributed by atoms with Crippen molar-refractivity contribution in [3.8, 4) is 0 Å². The molecule has 6 heteroatoms. The van der Waals surface area contributed by atoms with E-state index < -0.39 is 0 Å². The van der Waals surface area contributed by atoms with Gasteiger partial charge in [-0.1, -0.05) is 30.7 Å². The molecule has 0 fully saturated rings. The van der Waals surface area contributed by atoms with Gasteiger partial charge in [-0.15, -0.1) is 0 Å². The summed E-state index contributed by atoms with van der Waals surface area (Å²) >= 11 is 5.86. The van der Waals surface area contributed by atoms with Crippen LogP contribution in [0.15, 0.2) is 30.3 Å². The van der Waals surface area contributed by atoms with E-state index in [4.69, 9.17) is 11.6 Å². The average Bonchev–Trinajstić information content (AvgIpc) is 2.51. The Hall–Kier alpha value is -2.14. The second kappa shape index (κ2) is 7.75. The number of nitrogens with one attached hydrogen (secondary N) is 2. The Morgan fingerprint density at radius 1 is 1.23 bits per heavy atom. The second-order valence-corrected chi connectivity index (χ2v) is 5.36. The zero-order valence-electron chi connectivity index (χ0n) is 12.7. The lowest BCUT2D eigenvalue weighted by Crippen LogP contribution is -2.25. The molecule has 0 aliphatic rings. The largest absolute Gasteiger partial charge is 0.366 e. The molecule has 2 N–H and O–H groups in total. The van der Waals surface area contributed by atoms with Crippen LogP contribution in [0.2, 0.25) is 5.02 Å². The van der Waals surface area contributed by atoms with E-state index in [1.54, 1.807) is 13.0 Å². The standard InChI is InChI=1S/C16H19ClN4O/c1-3-8-18-16(22)14-9-15(21-11(2)20-14)19-10-12-4-6-13(17)7-5-12/h4-7,9H,3,8,10H2,1-2H3,(H,18,22)(H,19,20,21). The Kier molecular flexibility index (Phi) is 5.72. The molecular formula is C16H19ClN4O. The van der Waals surface area contributed by atoms with Crippen molar-refractivity contribution < 1.29 is 4.79 Å². The van der Waals surface area contributed by atoms with E-state index >= 15 is 0 Å². The SMILES string of the molecule is CCCNC(=O)c1cc(NCc2ccc(Cl)cc2)nc(C)n1. The molecule has 2 aromatic rings. The maximum absolute atomic E-state index is 12.0. The number of hydrogen-bond acceptors (Lipinski definition) is 4. The average molecular weight is 319 g/mol. The van der Waals surface area contributed by atoms with Crippen molar-refractivity contribution in [2.45, 2.75) is 26.8 Å². The Morgan fingerprint density at radius 3 is 2.64 bits per heavy atom. The molecule has 1 aromatic carbocycles. The van der Waals surface area contributed by atoms with Gasteiger partial charge in [0.25, 0.3) is 5.91 Å². The lowest BCUT2D eigenvalue weighted by atomic mass is 10.2. The quantitative estimate of drug-likeness (QED) is 0.858. The van der Waals surface area contributed by atoms with Gasteiger partial charge in [-0.2, -0.15) is 0 Å². The number of anilines is 1. The summed E-state index contributed by atoms with van der Waals surface area (Å²) in [6.07, 6.45) is 0.886. The summed E-state index contributed by atoms with van der Waals surface area (Å²) in [7, 11) is 0. The van der Waals surface area contributed by atoms with Crippen LogP contribution in [0.25, 0.3) is 0 Å². The lowest BCUT2D eigenvalue weighted by molar-refractivity contribution is 0.0948. The zero-order chi connectivity index (χ0) is 15.9. The van der Waals surface area contributed by atoms with E-state index in [0.29, 0.717) is 35.4 Å². The van der Waals surface area contributed by atoms with Crippen molar-refractivity contribution in [3.05, 3.63) is 52.4 Å². The van der Waals surface area contributed by atoms with Gasteiger partial charge in [0, 0.05) is 24.2 Å². The van der Waals surface area contributed by atoms with Crippen molar-refractivity contribution in [1.82, 2.24) is 15.3 Å². The molecule has 1 amide bonds. The van der Waals surface area contributed by atoms with Crippen LogP contribution in [0.1, 0.15) is 35.2 Å². The highest BCUT2D eigenvalue weighted by molar-refractivity contribution is 6.30. The maximum atomic E-state index is 12.0. The molecule has 0 aliphatic heterocycles. The smallest absolute Gasteiger partial charge is 0.270 e. The van der Waals surface area contributed by atoms with E-state index in [-0.39, 0.29) is 5.91 Å². The third-order valence-electron chi connectivity index (χ3n) is 2.99. The summed E-state index contributed by atoms with van der Waals surface area (Å²) in [5.74, 6) is 1.01. The molecule has 0 bridgehead atoms. The van der Waals surface area contributed by atoms with Crippen LogP contribution in [-0.2, 0) is 6.54 Å². The third kappa shape index (κ3) is 4.70. The fourth-order valence-corrected chi connectivity index (χ4v) is 2.02. The van der Waals surface area contributed by atoms with Crippen molar-refractivity contribution in [2.75, 3.05) is 11.9 Å². The van der Waals surface area contributed by atoms with Crippen LogP contribution < -0.4 is 10.6 Å². The molecule has 0 radical (unpaired) electrons. The Morgan fingerprint density at radius 2 is 1.95 bits per heavy atom. The van der Waals surface area contributed by atoms with Crippen LogP contribution in [0.5, 0.6) is 0 Å². The molecule has 0 aliphatic carbocycles. The fourth-order valence-electron chi connectivity index (χ4n) is 1.90. The van der Waals surface area contributed by atoms with Gasteiger partial charge in [-0.05, 0) is 31.0 Å². The Labute approximate surface area is 135 Å². The van der Waals surface area contributed by atoms with E-state index in [0.717, 1.165) is 12.0 Å². The molecule has 0 spiro atoms. The number of nitrogens with zero attached hydrogens (tertiary/aromatic N) is 2.